The first-order valence-electron chi connectivity index (χ1n) is 10.9. The first-order valence-corrected chi connectivity index (χ1v) is 11.3. The number of aryl methyl sites for hydroxylation is 1. The van der Waals surface area contributed by atoms with Crippen LogP contribution in [0, 0.1) is 18.6 Å². The maximum Gasteiger partial charge on any atom is 0.262 e. The number of nitrogens with two attached hydrogens (primary N) is 1. The van der Waals surface area contributed by atoms with Gasteiger partial charge in [-0.3, -0.25) is 9.20 Å². The van der Waals surface area contributed by atoms with E-state index in [1.807, 2.05) is 13.8 Å². The number of benzene rings is 2. The first kappa shape index (κ1) is 24.4. The van der Waals surface area contributed by atoms with Crippen molar-refractivity contribution in [2.45, 2.75) is 39.7 Å². The molecule has 0 spiro atoms. The van der Waals surface area contributed by atoms with Gasteiger partial charge in [0.2, 0.25) is 0 Å². The third-order valence-corrected chi connectivity index (χ3v) is 5.80. The molecule has 0 radical (unpaired) electrons. The Kier molecular flexibility index (Phi) is 6.62. The number of nitrogens with zero attached hydrogens (tertiary/aromatic N) is 3. The average Bonchev–Trinajstić information content (AvgIpc) is 3.14. The summed E-state index contributed by atoms with van der Waals surface area (Å²) < 4.78 is 36.4. The quantitative estimate of drug-likeness (QED) is 0.352. The van der Waals surface area contributed by atoms with Crippen LogP contribution in [0.2, 0.25) is 5.02 Å². The minimum Gasteiger partial charge on any atom is -0.490 e. The van der Waals surface area contributed by atoms with Crippen LogP contribution in [0.1, 0.15) is 54.1 Å². The predicted octanol–water partition coefficient (Wildman–Crippen LogP) is 5.74. The first-order chi connectivity index (χ1) is 16.6. The van der Waals surface area contributed by atoms with E-state index in [0.717, 1.165) is 0 Å². The number of carbonyl (C=O) groups excluding carboxylic acids is 1. The van der Waals surface area contributed by atoms with Crippen molar-refractivity contribution in [3.8, 4) is 5.75 Å². The van der Waals surface area contributed by atoms with Crippen LogP contribution < -0.4 is 15.8 Å². The van der Waals surface area contributed by atoms with Gasteiger partial charge in [-0.15, -0.1) is 0 Å². The van der Waals surface area contributed by atoms with E-state index in [2.05, 4.69) is 15.3 Å². The second-order valence-electron chi connectivity index (χ2n) is 8.40. The van der Waals surface area contributed by atoms with Gasteiger partial charge in [-0.25, -0.2) is 18.7 Å². The van der Waals surface area contributed by atoms with Crippen molar-refractivity contribution in [3.05, 3.63) is 82.0 Å². The normalized spacial score (nSPS) is 12.2. The fraction of sp³-hybridized carbons (Fsp3) is 0.240. The van der Waals surface area contributed by atoms with Gasteiger partial charge in [0.15, 0.2) is 5.82 Å². The number of hydrogen-bond acceptors (Lipinski definition) is 5. The van der Waals surface area contributed by atoms with E-state index in [1.54, 1.807) is 30.6 Å². The van der Waals surface area contributed by atoms with Crippen LogP contribution in [0.25, 0.3) is 5.52 Å². The van der Waals surface area contributed by atoms with Gasteiger partial charge >= 0.3 is 0 Å². The fourth-order valence-corrected chi connectivity index (χ4v) is 4.17. The lowest BCUT2D eigenvalue weighted by molar-refractivity contribution is 0.101. The molecular weight excluding hydrogens is 476 g/mol. The van der Waals surface area contributed by atoms with Gasteiger partial charge in [0.25, 0.3) is 5.91 Å². The van der Waals surface area contributed by atoms with Crippen molar-refractivity contribution in [1.29, 1.82) is 0 Å². The third kappa shape index (κ3) is 4.64. The molecule has 2 heterocycles. The Balaban J connectivity index is 1.88. The lowest BCUT2D eigenvalue weighted by Crippen LogP contribution is -2.20. The standard InChI is InChI=1S/C25H24ClF2N5O2/c1-12(2)35-22-17(13(3)24-31-14(4)21-23(29)30-9-10-33(21)24)11-18(26)20(28)19(22)25(34)32-16-7-5-15(27)6-8-16/h5-13H,1-4H3,(H2,29,30)(H,32,34)/t13-/m0/s1. The van der Waals surface area contributed by atoms with Crippen LogP contribution in [0.3, 0.4) is 0 Å². The molecule has 1 atom stereocenters. The molecule has 35 heavy (non-hydrogen) atoms. The highest BCUT2D eigenvalue weighted by molar-refractivity contribution is 6.31. The summed E-state index contributed by atoms with van der Waals surface area (Å²) in [6.07, 6.45) is 2.91. The number of hydrogen-bond donors (Lipinski definition) is 2. The van der Waals surface area contributed by atoms with Crippen LogP contribution in [0.5, 0.6) is 5.75 Å². The molecule has 7 nitrogen and oxygen atoms in total. The van der Waals surface area contributed by atoms with Crippen molar-refractivity contribution < 1.29 is 18.3 Å². The number of aromatic nitrogens is 3. The van der Waals surface area contributed by atoms with Crippen molar-refractivity contribution in [2.75, 3.05) is 11.1 Å². The number of nitrogens with one attached hydrogen (secondary N) is 1. The van der Waals surface area contributed by atoms with Gasteiger partial charge in [-0.05, 0) is 51.1 Å². The molecule has 182 valence electrons. The fourth-order valence-electron chi connectivity index (χ4n) is 3.96. The van der Waals surface area contributed by atoms with Crippen molar-refractivity contribution in [3.63, 3.8) is 0 Å². The Labute approximate surface area is 205 Å². The Hall–Kier alpha value is -3.72. The smallest absolute Gasteiger partial charge is 0.262 e. The molecule has 1 amide bonds. The van der Waals surface area contributed by atoms with Crippen molar-refractivity contribution >= 4 is 34.5 Å². The Morgan fingerprint density at radius 3 is 2.54 bits per heavy atom. The molecule has 0 saturated carbocycles. The summed E-state index contributed by atoms with van der Waals surface area (Å²) in [5.41, 5.74) is 7.79. The molecule has 0 saturated heterocycles. The summed E-state index contributed by atoms with van der Waals surface area (Å²) in [7, 11) is 0. The number of imidazole rings is 1. The molecule has 0 aliphatic carbocycles. The minimum atomic E-state index is -0.921. The maximum atomic E-state index is 15.3. The molecule has 0 bridgehead atoms. The van der Waals surface area contributed by atoms with E-state index in [0.29, 0.717) is 34.1 Å². The Morgan fingerprint density at radius 2 is 1.89 bits per heavy atom. The summed E-state index contributed by atoms with van der Waals surface area (Å²) in [6, 6.07) is 6.57. The molecule has 4 rings (SSSR count). The zero-order chi connectivity index (χ0) is 25.4. The van der Waals surface area contributed by atoms with Gasteiger partial charge in [0.05, 0.1) is 16.8 Å². The lowest BCUT2D eigenvalue weighted by atomic mass is 9.95. The summed E-state index contributed by atoms with van der Waals surface area (Å²) in [5, 5.41) is 2.34. The summed E-state index contributed by atoms with van der Waals surface area (Å²) in [5.74, 6) is -1.67. The average molecular weight is 500 g/mol. The van der Waals surface area contributed by atoms with Gasteiger partial charge in [-0.2, -0.15) is 0 Å². The number of nitrogen functional groups attached to an aromatic ring is 1. The van der Waals surface area contributed by atoms with E-state index in [9.17, 15) is 9.18 Å². The largest absolute Gasteiger partial charge is 0.490 e. The number of halogens is 3. The van der Waals surface area contributed by atoms with Crippen LogP contribution in [-0.2, 0) is 0 Å². The highest BCUT2D eigenvalue weighted by Crippen LogP contribution is 2.40. The molecular formula is C25H24ClF2N5O2. The van der Waals surface area contributed by atoms with Crippen LogP contribution in [0.15, 0.2) is 42.7 Å². The van der Waals surface area contributed by atoms with Crippen molar-refractivity contribution in [2.24, 2.45) is 0 Å². The second-order valence-corrected chi connectivity index (χ2v) is 8.81. The van der Waals surface area contributed by atoms with E-state index in [1.165, 1.54) is 30.3 Å². The topological polar surface area (TPSA) is 94.5 Å². The summed E-state index contributed by atoms with van der Waals surface area (Å²) >= 11 is 6.26. The number of anilines is 2. The van der Waals surface area contributed by atoms with E-state index in [-0.39, 0.29) is 22.4 Å². The molecule has 0 aliphatic heterocycles. The van der Waals surface area contributed by atoms with E-state index < -0.39 is 23.5 Å². The van der Waals surface area contributed by atoms with Gasteiger partial charge in [-0.1, -0.05) is 18.5 Å². The molecule has 2 aromatic heterocycles. The molecule has 0 fully saturated rings. The third-order valence-electron chi connectivity index (χ3n) is 5.52. The minimum absolute atomic E-state index is 0.0467. The number of amides is 1. The highest BCUT2D eigenvalue weighted by atomic mass is 35.5. The molecule has 3 N–H and O–H groups in total. The maximum absolute atomic E-state index is 15.3. The Bertz CT molecular complexity index is 1420. The summed E-state index contributed by atoms with van der Waals surface area (Å²) in [6.45, 7) is 7.20. The van der Waals surface area contributed by atoms with Gasteiger partial charge in [0, 0.05) is 29.6 Å². The Morgan fingerprint density at radius 1 is 1.20 bits per heavy atom. The van der Waals surface area contributed by atoms with E-state index in [4.69, 9.17) is 22.1 Å². The number of fused-ring (bicyclic) bond motifs is 1. The molecule has 10 heteroatoms. The highest BCUT2D eigenvalue weighted by Gasteiger charge is 2.30. The molecule has 4 aromatic rings. The molecule has 0 aliphatic rings. The van der Waals surface area contributed by atoms with Crippen LogP contribution in [0.4, 0.5) is 20.3 Å². The predicted molar refractivity (Wildman–Crippen MR) is 131 cm³/mol. The summed E-state index contributed by atoms with van der Waals surface area (Å²) in [4.78, 5) is 22.0. The molecule has 0 unspecified atom stereocenters. The van der Waals surface area contributed by atoms with Gasteiger partial charge in [0.1, 0.15) is 34.3 Å². The second kappa shape index (κ2) is 9.50. The SMILES string of the molecule is Cc1nc([C@@H](C)c2cc(Cl)c(F)c(C(=O)Nc3ccc(F)cc3)c2OC(C)C)n2ccnc(N)c12. The van der Waals surface area contributed by atoms with E-state index >= 15 is 4.39 Å². The zero-order valence-corrected chi connectivity index (χ0v) is 20.3. The monoisotopic (exact) mass is 499 g/mol. The van der Waals surface area contributed by atoms with Gasteiger partial charge < -0.3 is 15.8 Å². The molecule has 2 aromatic carbocycles. The zero-order valence-electron chi connectivity index (χ0n) is 19.6. The number of carbonyl (C=O) groups is 1. The number of ether oxygens (including phenoxy) is 1. The van der Waals surface area contributed by atoms with Crippen molar-refractivity contribution in [1.82, 2.24) is 14.4 Å². The van der Waals surface area contributed by atoms with Crippen LogP contribution in [-0.4, -0.2) is 26.4 Å². The van der Waals surface area contributed by atoms with Crippen LogP contribution >= 0.6 is 11.6 Å². The lowest BCUT2D eigenvalue weighted by Gasteiger charge is -2.22. The number of rotatable bonds is 6.